The zero-order valence-corrected chi connectivity index (χ0v) is 41.9. The van der Waals surface area contributed by atoms with Crippen molar-refractivity contribution < 1.29 is 47.8 Å². The Morgan fingerprint density at radius 2 is 0.846 bits per heavy atom. The van der Waals surface area contributed by atoms with Gasteiger partial charge >= 0.3 is 19.8 Å². The van der Waals surface area contributed by atoms with Crippen LogP contribution in [0.15, 0.2) is 60.8 Å². The number of rotatable bonds is 48. The second-order valence-electron chi connectivity index (χ2n) is 17.4. The van der Waals surface area contributed by atoms with Crippen molar-refractivity contribution in [2.75, 3.05) is 19.8 Å². The number of carbonyl (C=O) groups excluding carboxylic acids is 2. The molecule has 0 rings (SSSR count). The number of phosphoric acid groups is 1. The zero-order valence-electron chi connectivity index (χ0n) is 41.0. The summed E-state index contributed by atoms with van der Waals surface area (Å²) in [6.45, 7) is 2.56. The predicted octanol–water partition coefficient (Wildman–Crippen LogP) is 14.3. The lowest BCUT2D eigenvalue weighted by molar-refractivity contribution is -0.147. The van der Waals surface area contributed by atoms with Crippen LogP contribution in [0.4, 0.5) is 0 Å². The van der Waals surface area contributed by atoms with Crippen LogP contribution in [0.3, 0.4) is 0 Å². The van der Waals surface area contributed by atoms with E-state index in [4.69, 9.17) is 13.8 Å². The van der Waals surface area contributed by atoms with E-state index < -0.39 is 57.6 Å². The molecule has 12 heteroatoms. The van der Waals surface area contributed by atoms with Crippen molar-refractivity contribution in [2.24, 2.45) is 0 Å². The van der Waals surface area contributed by atoms with Crippen LogP contribution in [0, 0.1) is 0 Å². The molecule has 1 amide bonds. The van der Waals surface area contributed by atoms with E-state index in [1.54, 1.807) is 0 Å². The molecule has 0 aromatic rings. The average molecular weight is 936 g/mol. The molecule has 0 aromatic heterocycles. The maximum absolute atomic E-state index is 12.4. The summed E-state index contributed by atoms with van der Waals surface area (Å²) in [6.07, 6.45) is 56.6. The number of aliphatic hydroxyl groups is 1. The standard InChI is InChI=1S/C53H94NO10P/c1-3-5-7-9-11-13-15-17-19-21-23-24-25-26-27-29-31-33-35-37-39-41-43-45-52(57)62-46-49(55)47-63-65(60,61)64-48-50(53(58)59)54-51(56)44-42-40-38-36-34-32-30-28-22-20-18-16-14-12-10-8-6-4-2/h11,13-14,16-17,19-20,22-24,49-50,55H,3-10,12,15,18,21,25-48H2,1-2H3,(H,54,56)(H,58,59)(H,60,61)/b13-11-,16-14-,19-17-,22-20-,24-23-. The number of phosphoric ester groups is 1. The number of esters is 1. The van der Waals surface area contributed by atoms with E-state index in [2.05, 4.69) is 79.9 Å². The molecule has 0 saturated heterocycles. The molecule has 0 spiro atoms. The number of hydrogen-bond acceptors (Lipinski definition) is 8. The lowest BCUT2D eigenvalue weighted by atomic mass is 10.1. The van der Waals surface area contributed by atoms with Crippen LogP contribution in [0.2, 0.25) is 0 Å². The highest BCUT2D eigenvalue weighted by Gasteiger charge is 2.28. The van der Waals surface area contributed by atoms with Crippen molar-refractivity contribution in [1.82, 2.24) is 5.32 Å². The monoisotopic (exact) mass is 936 g/mol. The number of carbonyl (C=O) groups is 3. The van der Waals surface area contributed by atoms with Gasteiger partial charge in [0.1, 0.15) is 12.7 Å². The van der Waals surface area contributed by atoms with Crippen LogP contribution in [0.5, 0.6) is 0 Å². The van der Waals surface area contributed by atoms with Gasteiger partial charge in [-0.1, -0.05) is 190 Å². The molecule has 65 heavy (non-hydrogen) atoms. The molecule has 0 fully saturated rings. The minimum Gasteiger partial charge on any atom is -0.480 e. The summed E-state index contributed by atoms with van der Waals surface area (Å²) in [6, 6.07) is -1.55. The van der Waals surface area contributed by atoms with Crippen LogP contribution in [0.1, 0.15) is 226 Å². The third kappa shape index (κ3) is 47.5. The molecule has 11 nitrogen and oxygen atoms in total. The quantitative estimate of drug-likeness (QED) is 0.0199. The van der Waals surface area contributed by atoms with Crippen LogP contribution in [0.25, 0.3) is 0 Å². The number of amides is 1. The Bertz CT molecular complexity index is 1330. The number of allylic oxidation sites excluding steroid dienone is 10. The SMILES string of the molecule is CCCCC/C=C\C/C=C\C/C=C\CCCCCCCCCCCCC(=O)OCC(O)COP(=O)(O)OCC(NC(=O)CCCCCCCCC/C=C\C/C=C\CCCCCC)C(=O)O. The van der Waals surface area contributed by atoms with Gasteiger partial charge in [0.2, 0.25) is 5.91 Å². The summed E-state index contributed by atoms with van der Waals surface area (Å²) in [5.41, 5.74) is 0. The summed E-state index contributed by atoms with van der Waals surface area (Å²) in [5, 5.41) is 21.9. The van der Waals surface area contributed by atoms with E-state index in [1.807, 2.05) is 0 Å². The Hall–Kier alpha value is -2.82. The Morgan fingerprint density at radius 3 is 1.29 bits per heavy atom. The van der Waals surface area contributed by atoms with Gasteiger partial charge in [0.15, 0.2) is 6.04 Å². The average Bonchev–Trinajstić information content (AvgIpc) is 3.28. The van der Waals surface area contributed by atoms with E-state index in [0.717, 1.165) is 83.5 Å². The van der Waals surface area contributed by atoms with Gasteiger partial charge in [0.05, 0.1) is 13.2 Å². The minimum absolute atomic E-state index is 0.135. The molecule has 0 saturated carbocycles. The van der Waals surface area contributed by atoms with Crippen LogP contribution in [-0.2, 0) is 32.7 Å². The minimum atomic E-state index is -4.77. The lowest BCUT2D eigenvalue weighted by Crippen LogP contribution is -2.43. The molecule has 0 aliphatic heterocycles. The maximum atomic E-state index is 12.4. The number of ether oxygens (including phenoxy) is 1. The van der Waals surface area contributed by atoms with E-state index in [0.29, 0.717) is 12.8 Å². The Kier molecular flexibility index (Phi) is 45.6. The lowest BCUT2D eigenvalue weighted by Gasteiger charge is -2.18. The van der Waals surface area contributed by atoms with Gasteiger partial charge in [0, 0.05) is 12.8 Å². The van der Waals surface area contributed by atoms with Crippen molar-refractivity contribution in [3.63, 3.8) is 0 Å². The molecule has 0 aliphatic carbocycles. The summed E-state index contributed by atoms with van der Waals surface area (Å²) < 4.78 is 27.0. The van der Waals surface area contributed by atoms with Crippen LogP contribution in [-0.4, -0.2) is 64.9 Å². The number of unbranched alkanes of at least 4 members (excludes halogenated alkanes) is 24. The van der Waals surface area contributed by atoms with Crippen molar-refractivity contribution in [3.05, 3.63) is 60.8 Å². The number of nitrogens with one attached hydrogen (secondary N) is 1. The second-order valence-corrected chi connectivity index (χ2v) is 18.8. The summed E-state index contributed by atoms with van der Waals surface area (Å²) >= 11 is 0. The normalized spacial score (nSPS) is 14.0. The Labute approximate surface area is 396 Å². The van der Waals surface area contributed by atoms with Gasteiger partial charge in [-0.15, -0.1) is 0 Å². The van der Waals surface area contributed by atoms with Gasteiger partial charge in [-0.05, 0) is 83.5 Å². The third-order valence-electron chi connectivity index (χ3n) is 11.0. The highest BCUT2D eigenvalue weighted by atomic mass is 31.2. The van der Waals surface area contributed by atoms with Gasteiger partial charge < -0.3 is 25.2 Å². The van der Waals surface area contributed by atoms with Gasteiger partial charge in [-0.25, -0.2) is 9.36 Å². The first-order valence-electron chi connectivity index (χ1n) is 25.8. The van der Waals surface area contributed by atoms with Crippen molar-refractivity contribution >= 4 is 25.7 Å². The van der Waals surface area contributed by atoms with Gasteiger partial charge in [0.25, 0.3) is 0 Å². The summed E-state index contributed by atoms with van der Waals surface area (Å²) in [4.78, 5) is 46.1. The molecule has 4 N–H and O–H groups in total. The zero-order chi connectivity index (χ0) is 47.7. The molecule has 0 heterocycles. The molecule has 376 valence electrons. The first-order chi connectivity index (χ1) is 31.6. The molecular formula is C53H94NO10P. The second kappa shape index (κ2) is 47.7. The first kappa shape index (κ1) is 62.2. The Balaban J connectivity index is 3.84. The predicted molar refractivity (Wildman–Crippen MR) is 268 cm³/mol. The number of carboxylic acids is 1. The largest absolute Gasteiger partial charge is 0.480 e. The van der Waals surface area contributed by atoms with E-state index >= 15 is 0 Å². The smallest absolute Gasteiger partial charge is 0.472 e. The first-order valence-corrected chi connectivity index (χ1v) is 27.3. The number of aliphatic hydroxyl groups excluding tert-OH is 1. The van der Waals surface area contributed by atoms with E-state index in [9.17, 15) is 34.1 Å². The maximum Gasteiger partial charge on any atom is 0.472 e. The molecule has 0 aromatic carbocycles. The van der Waals surface area contributed by atoms with E-state index in [1.165, 1.54) is 103 Å². The fourth-order valence-electron chi connectivity index (χ4n) is 7.00. The molecule has 3 atom stereocenters. The Morgan fingerprint density at radius 1 is 0.492 bits per heavy atom. The van der Waals surface area contributed by atoms with Crippen molar-refractivity contribution in [2.45, 2.75) is 238 Å². The highest BCUT2D eigenvalue weighted by molar-refractivity contribution is 7.47. The summed E-state index contributed by atoms with van der Waals surface area (Å²) in [7, 11) is -4.77. The molecule has 0 radical (unpaired) electrons. The van der Waals surface area contributed by atoms with Gasteiger partial charge in [-0.2, -0.15) is 0 Å². The van der Waals surface area contributed by atoms with Crippen LogP contribution < -0.4 is 5.32 Å². The fraction of sp³-hybridized carbons (Fsp3) is 0.755. The van der Waals surface area contributed by atoms with Crippen LogP contribution >= 0.6 is 7.82 Å². The third-order valence-corrected chi connectivity index (χ3v) is 12.0. The fourth-order valence-corrected chi connectivity index (χ4v) is 7.77. The summed E-state index contributed by atoms with van der Waals surface area (Å²) in [5.74, 6) is -2.39. The molecule has 0 aliphatic rings. The van der Waals surface area contributed by atoms with Crippen molar-refractivity contribution in [3.8, 4) is 0 Å². The molecule has 3 unspecified atom stereocenters. The molecule has 0 bridgehead atoms. The molecular weight excluding hydrogens is 842 g/mol. The highest BCUT2D eigenvalue weighted by Crippen LogP contribution is 2.43. The number of carboxylic acid groups (broad SMARTS) is 1. The number of hydrogen-bond donors (Lipinski definition) is 4. The van der Waals surface area contributed by atoms with Crippen molar-refractivity contribution in [1.29, 1.82) is 0 Å². The van der Waals surface area contributed by atoms with E-state index in [-0.39, 0.29) is 12.8 Å². The topological polar surface area (TPSA) is 169 Å². The number of aliphatic carboxylic acids is 1. The van der Waals surface area contributed by atoms with Gasteiger partial charge in [-0.3, -0.25) is 18.6 Å².